The number of anilines is 2. The summed E-state index contributed by atoms with van der Waals surface area (Å²) in [5.74, 6) is 1.12. The number of amides is 1. The highest BCUT2D eigenvalue weighted by atomic mass is 16.1. The molecule has 0 aliphatic rings. The number of nitrogens with zero attached hydrogens (tertiary/aromatic N) is 3. The maximum atomic E-state index is 12.4. The second-order valence-corrected chi connectivity index (χ2v) is 6.52. The van der Waals surface area contributed by atoms with E-state index in [1.54, 1.807) is 12.4 Å². The molecule has 0 radical (unpaired) electrons. The van der Waals surface area contributed by atoms with Crippen LogP contribution in [0.15, 0.2) is 42.7 Å². The Hall–Kier alpha value is -3.28. The van der Waals surface area contributed by atoms with Gasteiger partial charge in [0.15, 0.2) is 5.82 Å². The van der Waals surface area contributed by atoms with Crippen molar-refractivity contribution in [1.29, 1.82) is 0 Å². The van der Waals surface area contributed by atoms with E-state index in [0.717, 1.165) is 33.6 Å². The molecule has 3 rings (SSSR count). The Morgan fingerprint density at radius 2 is 1.74 bits per heavy atom. The van der Waals surface area contributed by atoms with E-state index in [9.17, 15) is 4.79 Å². The molecule has 6 nitrogen and oxygen atoms in total. The first-order chi connectivity index (χ1) is 13.0. The van der Waals surface area contributed by atoms with Crippen molar-refractivity contribution in [3.8, 4) is 11.4 Å². The van der Waals surface area contributed by atoms with E-state index in [1.807, 2.05) is 58.0 Å². The van der Waals surface area contributed by atoms with Crippen LogP contribution in [0.5, 0.6) is 0 Å². The van der Waals surface area contributed by atoms with Gasteiger partial charge in [-0.3, -0.25) is 9.78 Å². The van der Waals surface area contributed by atoms with Crippen molar-refractivity contribution in [2.75, 3.05) is 17.2 Å². The Balaban J connectivity index is 1.76. The summed E-state index contributed by atoms with van der Waals surface area (Å²) in [5.41, 5.74) is 5.55. The Morgan fingerprint density at radius 3 is 2.41 bits per heavy atom. The van der Waals surface area contributed by atoms with E-state index < -0.39 is 0 Å². The van der Waals surface area contributed by atoms with Crippen molar-refractivity contribution < 1.29 is 4.79 Å². The third-order valence-corrected chi connectivity index (χ3v) is 4.47. The summed E-state index contributed by atoms with van der Waals surface area (Å²) < 4.78 is 0. The molecule has 3 aromatic rings. The van der Waals surface area contributed by atoms with E-state index >= 15 is 0 Å². The van der Waals surface area contributed by atoms with Gasteiger partial charge in [-0.2, -0.15) is 0 Å². The second kappa shape index (κ2) is 7.95. The minimum atomic E-state index is -0.119. The number of nitrogens with one attached hydrogen (secondary N) is 2. The maximum absolute atomic E-state index is 12.4. The molecule has 2 aromatic heterocycles. The quantitative estimate of drug-likeness (QED) is 0.722. The van der Waals surface area contributed by atoms with E-state index in [-0.39, 0.29) is 12.5 Å². The number of rotatable bonds is 5. The molecular formula is C21H23N5O. The van der Waals surface area contributed by atoms with Gasteiger partial charge in [0.1, 0.15) is 5.82 Å². The molecule has 0 atom stereocenters. The van der Waals surface area contributed by atoms with Crippen LogP contribution in [0.1, 0.15) is 22.4 Å². The van der Waals surface area contributed by atoms with Crippen LogP contribution in [0.25, 0.3) is 11.4 Å². The Labute approximate surface area is 159 Å². The van der Waals surface area contributed by atoms with Crippen LogP contribution in [0.3, 0.4) is 0 Å². The van der Waals surface area contributed by atoms with Crippen LogP contribution < -0.4 is 10.6 Å². The summed E-state index contributed by atoms with van der Waals surface area (Å²) in [6.07, 6.45) is 3.43. The fourth-order valence-electron chi connectivity index (χ4n) is 2.78. The van der Waals surface area contributed by atoms with Crippen molar-refractivity contribution in [3.63, 3.8) is 0 Å². The van der Waals surface area contributed by atoms with Gasteiger partial charge in [-0.15, -0.1) is 0 Å². The number of aromatic nitrogens is 3. The standard InChI is InChI=1S/C21H23N5O/c1-13-7-5-8-14(2)19(13)25-18(27)12-23-20-15(3)16(4)24-21(26-20)17-9-6-10-22-11-17/h5-11H,12H2,1-4H3,(H,25,27)(H,23,24,26). The first kappa shape index (κ1) is 18.5. The van der Waals surface area contributed by atoms with Gasteiger partial charge in [0.25, 0.3) is 0 Å². The number of hydrogen-bond donors (Lipinski definition) is 2. The highest BCUT2D eigenvalue weighted by molar-refractivity contribution is 5.95. The fraction of sp³-hybridized carbons (Fsp3) is 0.238. The van der Waals surface area contributed by atoms with Gasteiger partial charge in [0.05, 0.1) is 6.54 Å². The number of para-hydroxylation sites is 1. The van der Waals surface area contributed by atoms with Gasteiger partial charge in [0, 0.05) is 34.9 Å². The van der Waals surface area contributed by atoms with Gasteiger partial charge in [-0.25, -0.2) is 9.97 Å². The molecule has 0 bridgehead atoms. The molecule has 0 saturated carbocycles. The number of pyridine rings is 1. The molecule has 0 spiro atoms. The number of carbonyl (C=O) groups is 1. The average Bonchev–Trinajstić information content (AvgIpc) is 2.66. The van der Waals surface area contributed by atoms with Crippen molar-refractivity contribution in [2.24, 2.45) is 0 Å². The van der Waals surface area contributed by atoms with Crippen molar-refractivity contribution >= 4 is 17.4 Å². The van der Waals surface area contributed by atoms with Crippen molar-refractivity contribution in [3.05, 3.63) is 65.1 Å². The van der Waals surface area contributed by atoms with Crippen LogP contribution in [0.4, 0.5) is 11.5 Å². The van der Waals surface area contributed by atoms with Crippen LogP contribution in [-0.2, 0) is 4.79 Å². The van der Waals surface area contributed by atoms with Gasteiger partial charge in [-0.1, -0.05) is 18.2 Å². The van der Waals surface area contributed by atoms with Crippen LogP contribution in [0, 0.1) is 27.7 Å². The van der Waals surface area contributed by atoms with Gasteiger partial charge in [-0.05, 0) is 51.0 Å². The van der Waals surface area contributed by atoms with Crippen molar-refractivity contribution in [1.82, 2.24) is 15.0 Å². The average molecular weight is 361 g/mol. The lowest BCUT2D eigenvalue weighted by Gasteiger charge is -2.14. The minimum Gasteiger partial charge on any atom is -0.361 e. The normalized spacial score (nSPS) is 10.5. The molecule has 0 aliphatic carbocycles. The zero-order valence-corrected chi connectivity index (χ0v) is 16.0. The van der Waals surface area contributed by atoms with Gasteiger partial charge in [0.2, 0.25) is 5.91 Å². The van der Waals surface area contributed by atoms with E-state index in [2.05, 4.69) is 25.6 Å². The molecule has 0 fully saturated rings. The van der Waals surface area contributed by atoms with Crippen LogP contribution >= 0.6 is 0 Å². The molecule has 2 heterocycles. The predicted octanol–water partition coefficient (Wildman–Crippen LogP) is 3.82. The number of carbonyl (C=O) groups excluding carboxylic acids is 1. The largest absolute Gasteiger partial charge is 0.361 e. The summed E-state index contributed by atoms with van der Waals surface area (Å²) in [6, 6.07) is 9.70. The summed E-state index contributed by atoms with van der Waals surface area (Å²) in [6.45, 7) is 7.95. The molecule has 138 valence electrons. The monoisotopic (exact) mass is 361 g/mol. The second-order valence-electron chi connectivity index (χ2n) is 6.52. The fourth-order valence-corrected chi connectivity index (χ4v) is 2.78. The van der Waals surface area contributed by atoms with Gasteiger partial charge >= 0.3 is 0 Å². The summed E-state index contributed by atoms with van der Waals surface area (Å²) >= 11 is 0. The smallest absolute Gasteiger partial charge is 0.243 e. The Morgan fingerprint density at radius 1 is 1.00 bits per heavy atom. The lowest BCUT2D eigenvalue weighted by atomic mass is 10.1. The molecule has 6 heteroatoms. The van der Waals surface area contributed by atoms with Crippen LogP contribution in [0.2, 0.25) is 0 Å². The third kappa shape index (κ3) is 4.28. The lowest BCUT2D eigenvalue weighted by molar-refractivity contribution is -0.114. The van der Waals surface area contributed by atoms with Crippen molar-refractivity contribution in [2.45, 2.75) is 27.7 Å². The molecule has 2 N–H and O–H groups in total. The molecule has 1 aromatic carbocycles. The predicted molar refractivity (Wildman–Crippen MR) is 108 cm³/mol. The molecule has 0 aliphatic heterocycles. The molecule has 27 heavy (non-hydrogen) atoms. The number of benzene rings is 1. The third-order valence-electron chi connectivity index (χ3n) is 4.47. The Kier molecular flexibility index (Phi) is 5.45. The first-order valence-electron chi connectivity index (χ1n) is 8.81. The molecule has 0 unspecified atom stereocenters. The summed E-state index contributed by atoms with van der Waals surface area (Å²) in [5, 5.41) is 6.11. The summed E-state index contributed by atoms with van der Waals surface area (Å²) in [7, 11) is 0. The topological polar surface area (TPSA) is 79.8 Å². The van der Waals surface area contributed by atoms with E-state index in [1.165, 1.54) is 0 Å². The van der Waals surface area contributed by atoms with E-state index in [4.69, 9.17) is 0 Å². The van der Waals surface area contributed by atoms with E-state index in [0.29, 0.717) is 11.6 Å². The minimum absolute atomic E-state index is 0.119. The zero-order valence-electron chi connectivity index (χ0n) is 16.0. The zero-order chi connectivity index (χ0) is 19.4. The molecule has 1 amide bonds. The lowest BCUT2D eigenvalue weighted by Crippen LogP contribution is -2.23. The Bertz CT molecular complexity index is 950. The maximum Gasteiger partial charge on any atom is 0.243 e. The SMILES string of the molecule is Cc1cccc(C)c1NC(=O)CNc1nc(-c2cccnc2)nc(C)c1C. The first-order valence-corrected chi connectivity index (χ1v) is 8.81. The summed E-state index contributed by atoms with van der Waals surface area (Å²) in [4.78, 5) is 25.6. The number of aryl methyl sites for hydroxylation is 3. The molecular weight excluding hydrogens is 338 g/mol. The highest BCUT2D eigenvalue weighted by Gasteiger charge is 2.12. The van der Waals surface area contributed by atoms with Crippen LogP contribution in [-0.4, -0.2) is 27.4 Å². The highest BCUT2D eigenvalue weighted by Crippen LogP contribution is 2.22. The number of hydrogen-bond acceptors (Lipinski definition) is 5. The van der Waals surface area contributed by atoms with Gasteiger partial charge < -0.3 is 10.6 Å². The molecule has 0 saturated heterocycles.